The van der Waals surface area contributed by atoms with Crippen molar-refractivity contribution in [3.8, 4) is 5.75 Å². The molecule has 0 unspecified atom stereocenters. The van der Waals surface area contributed by atoms with Gasteiger partial charge in [0, 0.05) is 15.7 Å². The van der Waals surface area contributed by atoms with E-state index >= 15 is 4.39 Å². The average Bonchev–Trinajstić information content (AvgIpc) is 3.11. The SMILES string of the molecule is CCCCCCOc1ccc2c(sc3c(F)c(SCCCCCC)ccc32)c1F. The van der Waals surface area contributed by atoms with Gasteiger partial charge in [-0.2, -0.15) is 0 Å². The molecule has 0 aliphatic heterocycles. The predicted octanol–water partition coefficient (Wildman–Crippen LogP) is 8.96. The fraction of sp³-hybridized carbons (Fsp3) is 0.500. The zero-order valence-electron chi connectivity index (χ0n) is 17.4. The molecular weight excluding hydrogens is 406 g/mol. The molecule has 5 heteroatoms. The number of hydrogen-bond acceptors (Lipinski definition) is 3. The van der Waals surface area contributed by atoms with E-state index in [1.807, 2.05) is 18.2 Å². The smallest absolute Gasteiger partial charge is 0.182 e. The molecule has 0 N–H and O–H groups in total. The van der Waals surface area contributed by atoms with Gasteiger partial charge in [-0.1, -0.05) is 58.4 Å². The van der Waals surface area contributed by atoms with E-state index in [2.05, 4.69) is 13.8 Å². The summed E-state index contributed by atoms with van der Waals surface area (Å²) in [6.07, 6.45) is 9.03. The fourth-order valence-electron chi connectivity index (χ4n) is 3.45. The lowest BCUT2D eigenvalue weighted by molar-refractivity contribution is 0.292. The van der Waals surface area contributed by atoms with Gasteiger partial charge >= 0.3 is 0 Å². The highest BCUT2D eigenvalue weighted by atomic mass is 32.2. The number of thioether (sulfide) groups is 1. The highest BCUT2D eigenvalue weighted by Gasteiger charge is 2.18. The van der Waals surface area contributed by atoms with E-state index in [-0.39, 0.29) is 17.4 Å². The van der Waals surface area contributed by atoms with Crippen LogP contribution in [0, 0.1) is 11.6 Å². The minimum absolute atomic E-state index is 0.217. The van der Waals surface area contributed by atoms with E-state index in [1.54, 1.807) is 17.8 Å². The summed E-state index contributed by atoms with van der Waals surface area (Å²) in [4.78, 5) is 0.661. The van der Waals surface area contributed by atoms with Crippen molar-refractivity contribution in [1.29, 1.82) is 0 Å². The standard InChI is InChI=1S/C24H30F2OS2/c1-3-5-7-9-15-27-19-13-11-17-18-12-14-20(28-16-10-8-6-4-2)22(26)24(18)29-23(17)21(19)25/h11-14H,3-10,15-16H2,1-2H3. The second kappa shape index (κ2) is 11.2. The second-order valence-electron chi connectivity index (χ2n) is 7.43. The molecule has 0 radical (unpaired) electrons. The van der Waals surface area contributed by atoms with Gasteiger partial charge in [0.2, 0.25) is 0 Å². The number of ether oxygens (including phenoxy) is 1. The predicted molar refractivity (Wildman–Crippen MR) is 124 cm³/mol. The summed E-state index contributed by atoms with van der Waals surface area (Å²) in [5.41, 5.74) is 0. The van der Waals surface area contributed by atoms with Crippen LogP contribution in [-0.4, -0.2) is 12.4 Å². The first-order valence-electron chi connectivity index (χ1n) is 10.8. The van der Waals surface area contributed by atoms with Crippen LogP contribution in [0.25, 0.3) is 20.2 Å². The molecule has 0 spiro atoms. The van der Waals surface area contributed by atoms with Crippen molar-refractivity contribution in [2.45, 2.75) is 70.1 Å². The van der Waals surface area contributed by atoms with Gasteiger partial charge in [-0.15, -0.1) is 23.1 Å². The van der Waals surface area contributed by atoms with Gasteiger partial charge in [0.1, 0.15) is 0 Å². The maximum Gasteiger partial charge on any atom is 0.182 e. The van der Waals surface area contributed by atoms with E-state index in [9.17, 15) is 4.39 Å². The maximum absolute atomic E-state index is 15.1. The number of rotatable bonds is 12. The number of unbranched alkanes of at least 4 members (excludes halogenated alkanes) is 6. The highest BCUT2D eigenvalue weighted by molar-refractivity contribution is 7.99. The van der Waals surface area contributed by atoms with E-state index in [4.69, 9.17) is 4.74 Å². The maximum atomic E-state index is 15.1. The molecule has 2 aromatic carbocycles. The van der Waals surface area contributed by atoms with Crippen LogP contribution in [0.1, 0.15) is 65.2 Å². The van der Waals surface area contributed by atoms with Crippen LogP contribution in [0.4, 0.5) is 8.78 Å². The van der Waals surface area contributed by atoms with Gasteiger partial charge in [-0.25, -0.2) is 8.78 Å². The third-order valence-electron chi connectivity index (χ3n) is 5.13. The molecule has 0 atom stereocenters. The third-order valence-corrected chi connectivity index (χ3v) is 7.45. The zero-order chi connectivity index (χ0) is 20.6. The Labute approximate surface area is 180 Å². The number of hydrogen-bond donors (Lipinski definition) is 0. The van der Waals surface area contributed by atoms with Crippen LogP contribution < -0.4 is 4.74 Å². The van der Waals surface area contributed by atoms with Gasteiger partial charge in [-0.3, -0.25) is 0 Å². The number of thiophene rings is 1. The Kier molecular flexibility index (Phi) is 8.61. The quantitative estimate of drug-likeness (QED) is 0.207. The molecule has 0 saturated carbocycles. The van der Waals surface area contributed by atoms with Crippen molar-refractivity contribution >= 4 is 43.3 Å². The Hall–Kier alpha value is -1.33. The van der Waals surface area contributed by atoms with E-state index in [0.29, 0.717) is 20.9 Å². The Balaban J connectivity index is 1.77. The van der Waals surface area contributed by atoms with E-state index in [1.165, 1.54) is 37.0 Å². The summed E-state index contributed by atoms with van der Waals surface area (Å²) in [7, 11) is 0. The van der Waals surface area contributed by atoms with Gasteiger partial charge in [0.25, 0.3) is 0 Å². The van der Waals surface area contributed by atoms with Gasteiger partial charge < -0.3 is 4.74 Å². The monoisotopic (exact) mass is 436 g/mol. The number of halogens is 2. The van der Waals surface area contributed by atoms with Crippen molar-refractivity contribution in [3.63, 3.8) is 0 Å². The summed E-state index contributed by atoms with van der Waals surface area (Å²) < 4.78 is 36.7. The molecule has 3 aromatic rings. The molecule has 29 heavy (non-hydrogen) atoms. The summed E-state index contributed by atoms with van der Waals surface area (Å²) in [5.74, 6) is 0.599. The minimum Gasteiger partial charge on any atom is -0.490 e. The highest BCUT2D eigenvalue weighted by Crippen LogP contribution is 2.41. The molecule has 3 rings (SSSR count). The lowest BCUT2D eigenvalue weighted by atomic mass is 10.1. The summed E-state index contributed by atoms with van der Waals surface area (Å²) in [6, 6.07) is 7.30. The largest absolute Gasteiger partial charge is 0.490 e. The van der Waals surface area contributed by atoms with Crippen molar-refractivity contribution in [3.05, 3.63) is 35.9 Å². The van der Waals surface area contributed by atoms with Crippen molar-refractivity contribution in [2.24, 2.45) is 0 Å². The molecule has 0 saturated heterocycles. The molecule has 0 fully saturated rings. The van der Waals surface area contributed by atoms with E-state index < -0.39 is 0 Å². The zero-order valence-corrected chi connectivity index (χ0v) is 19.0. The first kappa shape index (κ1) is 22.4. The van der Waals surface area contributed by atoms with Crippen molar-refractivity contribution in [1.82, 2.24) is 0 Å². The van der Waals surface area contributed by atoms with Crippen LogP contribution in [0.3, 0.4) is 0 Å². The van der Waals surface area contributed by atoms with Gasteiger partial charge in [0.15, 0.2) is 17.4 Å². The molecule has 1 aromatic heterocycles. The Morgan fingerprint density at radius 2 is 1.45 bits per heavy atom. The van der Waals surface area contributed by atoms with Gasteiger partial charge in [-0.05, 0) is 36.8 Å². The third kappa shape index (κ3) is 5.43. The summed E-state index contributed by atoms with van der Waals surface area (Å²) in [6.45, 7) is 4.86. The molecule has 0 amide bonds. The van der Waals surface area contributed by atoms with Crippen molar-refractivity contribution < 1.29 is 13.5 Å². The average molecular weight is 437 g/mol. The topological polar surface area (TPSA) is 9.23 Å². The fourth-order valence-corrected chi connectivity index (χ4v) is 5.64. The minimum atomic E-state index is -0.368. The van der Waals surface area contributed by atoms with Crippen LogP contribution in [-0.2, 0) is 0 Å². The molecule has 1 nitrogen and oxygen atoms in total. The second-order valence-corrected chi connectivity index (χ2v) is 9.59. The Morgan fingerprint density at radius 3 is 2.17 bits per heavy atom. The normalized spacial score (nSPS) is 11.6. The first-order valence-corrected chi connectivity index (χ1v) is 12.6. The summed E-state index contributed by atoms with van der Waals surface area (Å²) >= 11 is 2.75. The van der Waals surface area contributed by atoms with Crippen LogP contribution >= 0.6 is 23.1 Å². The first-order chi connectivity index (χ1) is 14.2. The van der Waals surface area contributed by atoms with E-state index in [0.717, 1.165) is 42.2 Å². The van der Waals surface area contributed by atoms with Crippen molar-refractivity contribution in [2.75, 3.05) is 12.4 Å². The lowest BCUT2D eigenvalue weighted by Crippen LogP contribution is -1.99. The van der Waals surface area contributed by atoms with Crippen LogP contribution in [0.5, 0.6) is 5.75 Å². The molecular formula is C24H30F2OS2. The van der Waals surface area contributed by atoms with Crippen LogP contribution in [0.15, 0.2) is 29.2 Å². The number of fused-ring (bicyclic) bond motifs is 3. The summed E-state index contributed by atoms with van der Waals surface area (Å²) in [5, 5.41) is 1.55. The Morgan fingerprint density at radius 1 is 0.793 bits per heavy atom. The molecule has 0 bridgehead atoms. The Bertz CT molecular complexity index is 861. The van der Waals surface area contributed by atoms with Gasteiger partial charge in [0.05, 0.1) is 16.0 Å². The molecule has 1 heterocycles. The molecule has 0 aliphatic carbocycles. The lowest BCUT2D eigenvalue weighted by Gasteiger charge is -2.07. The van der Waals surface area contributed by atoms with Crippen LogP contribution in [0.2, 0.25) is 0 Å². The number of benzene rings is 2. The molecule has 0 aliphatic rings. The molecule has 158 valence electrons.